The molecular formula is C33H33F7O4. The molecule has 0 fully saturated rings. The monoisotopic (exact) mass is 626 g/mol. The molecule has 3 rings (SSSR count). The highest BCUT2D eigenvalue weighted by atomic mass is 19.3. The molecule has 3 aromatic rings. The summed E-state index contributed by atoms with van der Waals surface area (Å²) >= 11 is 0. The van der Waals surface area contributed by atoms with E-state index in [0.717, 1.165) is 43.6 Å². The number of hydrogen-bond donors (Lipinski definition) is 0. The molecule has 0 saturated heterocycles. The maximum absolute atomic E-state index is 14.6. The first kappa shape index (κ1) is 34.6. The molecule has 3 aromatic carbocycles. The fraction of sp³-hybridized carbons (Fsp3) is 0.364. The first-order chi connectivity index (χ1) is 21.0. The first-order valence-electron chi connectivity index (χ1n) is 14.1. The van der Waals surface area contributed by atoms with Crippen molar-refractivity contribution in [1.82, 2.24) is 0 Å². The summed E-state index contributed by atoms with van der Waals surface area (Å²) in [6.07, 6.45) is 2.22. The van der Waals surface area contributed by atoms with Gasteiger partial charge in [0.1, 0.15) is 11.6 Å². The second-order valence-electron chi connectivity index (χ2n) is 10.1. The lowest BCUT2D eigenvalue weighted by Gasteiger charge is -2.18. The minimum absolute atomic E-state index is 0.273. The molecule has 0 saturated carbocycles. The normalized spacial score (nSPS) is 11.8. The number of carbonyl (C=O) groups is 1. The number of unbranched alkanes of at least 4 members (excludes halogenated alkanes) is 4. The summed E-state index contributed by atoms with van der Waals surface area (Å²) in [4.78, 5) is 12.4. The van der Waals surface area contributed by atoms with Gasteiger partial charge in [-0.1, -0.05) is 61.7 Å². The molecule has 0 radical (unpaired) electrons. The molecule has 0 amide bonds. The smallest absolute Gasteiger partial charge is 0.423 e. The van der Waals surface area contributed by atoms with Gasteiger partial charge in [-0.05, 0) is 60.9 Å². The van der Waals surface area contributed by atoms with Gasteiger partial charge in [-0.15, -0.1) is 0 Å². The van der Waals surface area contributed by atoms with Crippen LogP contribution in [0.1, 0.15) is 59.2 Å². The number of benzene rings is 3. The molecule has 0 spiro atoms. The lowest BCUT2D eigenvalue weighted by atomic mass is 10.0. The van der Waals surface area contributed by atoms with E-state index in [-0.39, 0.29) is 12.1 Å². The lowest BCUT2D eigenvalue weighted by Crippen LogP contribution is -2.34. The van der Waals surface area contributed by atoms with Gasteiger partial charge in [0, 0.05) is 25.8 Å². The van der Waals surface area contributed by atoms with Crippen LogP contribution in [0.4, 0.5) is 30.7 Å². The molecule has 0 heterocycles. The highest BCUT2D eigenvalue weighted by Gasteiger charge is 2.45. The average molecular weight is 627 g/mol. The number of methoxy groups -OCH3 is 1. The number of halogens is 7. The molecule has 0 aliphatic heterocycles. The molecular weight excluding hydrogens is 593 g/mol. The number of alkyl halides is 4. The Balaban J connectivity index is 1.48. The van der Waals surface area contributed by atoms with Gasteiger partial charge in [0.2, 0.25) is 0 Å². The molecule has 0 unspecified atom stereocenters. The van der Waals surface area contributed by atoms with E-state index in [9.17, 15) is 35.5 Å². The Hall–Kier alpha value is -3.86. The van der Waals surface area contributed by atoms with E-state index in [1.807, 2.05) is 12.2 Å². The van der Waals surface area contributed by atoms with Gasteiger partial charge >= 0.3 is 18.5 Å². The van der Waals surface area contributed by atoms with Crippen molar-refractivity contribution in [3.8, 4) is 11.5 Å². The van der Waals surface area contributed by atoms with Crippen LogP contribution in [0.2, 0.25) is 0 Å². The Morgan fingerprint density at radius 3 is 1.95 bits per heavy atom. The van der Waals surface area contributed by atoms with E-state index >= 15 is 0 Å². The summed E-state index contributed by atoms with van der Waals surface area (Å²) in [5.41, 5.74) is 2.42. The van der Waals surface area contributed by atoms with Gasteiger partial charge in [0.05, 0.1) is 5.56 Å². The number of carbonyl (C=O) groups excluding carboxylic acids is 1. The van der Waals surface area contributed by atoms with Crippen molar-refractivity contribution in [3.05, 3.63) is 106 Å². The Morgan fingerprint density at radius 1 is 0.773 bits per heavy atom. The molecule has 0 atom stereocenters. The van der Waals surface area contributed by atoms with Crippen LogP contribution < -0.4 is 9.47 Å². The number of ether oxygens (including phenoxy) is 3. The van der Waals surface area contributed by atoms with Crippen LogP contribution in [0, 0.1) is 17.5 Å². The zero-order valence-electron chi connectivity index (χ0n) is 24.1. The summed E-state index contributed by atoms with van der Waals surface area (Å²) in [6.45, 7) is 0.812. The fourth-order valence-electron chi connectivity index (χ4n) is 4.27. The number of hydrogen-bond acceptors (Lipinski definition) is 4. The molecule has 0 N–H and O–H groups in total. The third-order valence-electron chi connectivity index (χ3n) is 6.64. The van der Waals surface area contributed by atoms with Crippen LogP contribution in [0.25, 0.3) is 0 Å². The van der Waals surface area contributed by atoms with E-state index in [1.54, 1.807) is 7.11 Å². The molecule has 238 valence electrons. The summed E-state index contributed by atoms with van der Waals surface area (Å²) in [5.74, 6) is -8.53. The van der Waals surface area contributed by atoms with Gasteiger partial charge in [0.15, 0.2) is 17.4 Å². The minimum atomic E-state index is -5.16. The van der Waals surface area contributed by atoms with Crippen LogP contribution in [-0.4, -0.2) is 32.2 Å². The second-order valence-corrected chi connectivity index (χ2v) is 10.1. The van der Waals surface area contributed by atoms with E-state index in [4.69, 9.17) is 9.47 Å². The van der Waals surface area contributed by atoms with Crippen molar-refractivity contribution in [2.24, 2.45) is 0 Å². The Kier molecular flexibility index (Phi) is 13.3. The minimum Gasteiger partial charge on any atom is -0.423 e. The molecule has 0 aliphatic carbocycles. The largest absolute Gasteiger partial charge is 0.461 e. The maximum atomic E-state index is 14.6. The predicted molar refractivity (Wildman–Crippen MR) is 151 cm³/mol. The van der Waals surface area contributed by atoms with Crippen molar-refractivity contribution in [3.63, 3.8) is 0 Å². The van der Waals surface area contributed by atoms with Gasteiger partial charge in [-0.25, -0.2) is 18.0 Å². The molecule has 11 heteroatoms. The zero-order chi connectivity index (χ0) is 32.1. The van der Waals surface area contributed by atoms with Crippen molar-refractivity contribution in [2.75, 3.05) is 13.7 Å². The first-order valence-corrected chi connectivity index (χ1v) is 14.1. The maximum Gasteiger partial charge on any atom is 0.461 e. The number of rotatable bonds is 17. The van der Waals surface area contributed by atoms with Crippen molar-refractivity contribution in [2.45, 2.75) is 63.9 Å². The fourth-order valence-corrected chi connectivity index (χ4v) is 4.27. The van der Waals surface area contributed by atoms with E-state index < -0.39 is 53.0 Å². The Morgan fingerprint density at radius 2 is 1.34 bits per heavy atom. The van der Waals surface area contributed by atoms with Crippen LogP contribution >= 0.6 is 0 Å². The Labute approximate surface area is 251 Å². The quantitative estimate of drug-likeness (QED) is 0.0493. The zero-order valence-corrected chi connectivity index (χ0v) is 24.1. The van der Waals surface area contributed by atoms with Crippen molar-refractivity contribution < 1.29 is 49.7 Å². The third-order valence-corrected chi connectivity index (χ3v) is 6.64. The van der Waals surface area contributed by atoms with Gasteiger partial charge in [-0.3, -0.25) is 0 Å². The summed E-state index contributed by atoms with van der Waals surface area (Å²) in [6, 6.07) is 12.7. The van der Waals surface area contributed by atoms with Gasteiger partial charge < -0.3 is 14.2 Å². The Bertz CT molecular complexity index is 1370. The summed E-state index contributed by atoms with van der Waals surface area (Å²) < 4.78 is 107. The SMILES string of the molecule is COCCCCCCCc1ccc(CC=CCc2ccc(C(=O)Oc3cc(F)c(OC(F)(F)C(F)F)c(F)c3)c(F)c2)cc1. The van der Waals surface area contributed by atoms with Crippen LogP contribution in [-0.2, 0) is 24.0 Å². The van der Waals surface area contributed by atoms with Gasteiger partial charge in [0.25, 0.3) is 0 Å². The van der Waals surface area contributed by atoms with Crippen LogP contribution in [0.5, 0.6) is 11.5 Å². The molecule has 4 nitrogen and oxygen atoms in total. The van der Waals surface area contributed by atoms with Crippen molar-refractivity contribution in [1.29, 1.82) is 0 Å². The molecule has 0 aliphatic rings. The molecule has 0 aromatic heterocycles. The second kappa shape index (κ2) is 16.8. The lowest BCUT2D eigenvalue weighted by molar-refractivity contribution is -0.255. The predicted octanol–water partition coefficient (Wildman–Crippen LogP) is 9.04. The molecule has 44 heavy (non-hydrogen) atoms. The van der Waals surface area contributed by atoms with E-state index in [2.05, 4.69) is 29.0 Å². The number of allylic oxidation sites excluding steroid dienone is 2. The van der Waals surface area contributed by atoms with Crippen molar-refractivity contribution >= 4 is 5.97 Å². The third kappa shape index (κ3) is 10.7. The average Bonchev–Trinajstić information content (AvgIpc) is 2.97. The summed E-state index contributed by atoms with van der Waals surface area (Å²) in [5, 5.41) is 0. The molecule has 0 bridgehead atoms. The standard InChI is InChI=1S/C33H33F7O4/c1-42-18-8-4-2-3-5-9-22-12-14-23(15-13-22)10-6-7-11-24-16-17-26(27(34)19-24)31(41)43-25-20-28(35)30(29(36)21-25)44-33(39,40)32(37)38/h6-7,12-17,19-21,32H,2-5,8-11,18H2,1H3. The van der Waals surface area contributed by atoms with Crippen LogP contribution in [0.3, 0.4) is 0 Å². The highest BCUT2D eigenvalue weighted by Crippen LogP contribution is 2.34. The topological polar surface area (TPSA) is 44.8 Å². The number of aryl methyl sites for hydroxylation is 1. The van der Waals surface area contributed by atoms with Gasteiger partial charge in [-0.2, -0.15) is 17.6 Å². The highest BCUT2D eigenvalue weighted by molar-refractivity contribution is 5.91. The van der Waals surface area contributed by atoms with Crippen LogP contribution in [0.15, 0.2) is 66.7 Å². The number of esters is 1. The summed E-state index contributed by atoms with van der Waals surface area (Å²) in [7, 11) is 1.72. The van der Waals surface area contributed by atoms with E-state index in [0.29, 0.717) is 18.4 Å². The van der Waals surface area contributed by atoms with E-state index in [1.165, 1.54) is 30.9 Å².